The van der Waals surface area contributed by atoms with Crippen LogP contribution < -0.4 is 20.4 Å². The number of amides is 1. The number of aromatic nitrogens is 3. The molecule has 2 aromatic heterocycles. The lowest BCUT2D eigenvalue weighted by molar-refractivity contribution is -0.111. The van der Waals surface area contributed by atoms with Crippen LogP contribution in [0.1, 0.15) is 58.4 Å². The van der Waals surface area contributed by atoms with E-state index in [2.05, 4.69) is 45.9 Å². The predicted molar refractivity (Wildman–Crippen MR) is 190 cm³/mol. The first-order valence-electron chi connectivity index (χ1n) is 16.8. The molecule has 3 aromatic rings. The van der Waals surface area contributed by atoms with Crippen molar-refractivity contribution in [3.8, 4) is 0 Å². The predicted octanol–water partition coefficient (Wildman–Crippen LogP) is 4.73. The van der Waals surface area contributed by atoms with E-state index in [-0.39, 0.29) is 48.9 Å². The molecule has 0 saturated carbocycles. The molecule has 5 heterocycles. The van der Waals surface area contributed by atoms with Gasteiger partial charge in [0.2, 0.25) is 11.9 Å². The average molecular weight is 696 g/mol. The highest BCUT2D eigenvalue weighted by Gasteiger charge is 2.51. The van der Waals surface area contributed by atoms with Gasteiger partial charge in [0.1, 0.15) is 17.8 Å². The molecule has 3 saturated heterocycles. The molecule has 0 spiro atoms. The Bertz CT molecular complexity index is 1860. The summed E-state index contributed by atoms with van der Waals surface area (Å²) in [6, 6.07) is 5.44. The van der Waals surface area contributed by atoms with Gasteiger partial charge < -0.3 is 30.3 Å². The molecule has 1 aromatic carbocycles. The molecule has 3 aliphatic rings. The highest BCUT2D eigenvalue weighted by atomic mass is 32.2. The summed E-state index contributed by atoms with van der Waals surface area (Å²) >= 11 is 0. The SMILES string of the molecule is C=CC(=O)Nc1cc(N2CC(C3CC(C)(O)CCS3(=O)=O)C2C)c2cnc(Nc3ccnc(N4CC[C@@H](OC)[C@@H](F)C4)n3)cc2c1C(C)C. The minimum atomic E-state index is -3.35. The monoisotopic (exact) mass is 695 g/mol. The van der Waals surface area contributed by atoms with E-state index in [4.69, 9.17) is 9.72 Å². The number of sulfone groups is 1. The fourth-order valence-electron chi connectivity index (χ4n) is 7.55. The largest absolute Gasteiger partial charge is 0.390 e. The number of piperidine rings is 1. The van der Waals surface area contributed by atoms with E-state index in [1.54, 1.807) is 30.3 Å². The van der Waals surface area contributed by atoms with E-state index >= 15 is 0 Å². The van der Waals surface area contributed by atoms with Crippen LogP contribution in [0.2, 0.25) is 0 Å². The maximum Gasteiger partial charge on any atom is 0.247 e. The number of ether oxygens (including phenoxy) is 1. The Balaban J connectivity index is 1.34. The van der Waals surface area contributed by atoms with Gasteiger partial charge in [-0.15, -0.1) is 0 Å². The van der Waals surface area contributed by atoms with Crippen molar-refractivity contribution in [3.63, 3.8) is 0 Å². The third-order valence-electron chi connectivity index (χ3n) is 10.4. The number of carbonyl (C=O) groups is 1. The number of alkyl halides is 1. The van der Waals surface area contributed by atoms with Crippen molar-refractivity contribution in [2.75, 3.05) is 52.9 Å². The third-order valence-corrected chi connectivity index (χ3v) is 12.6. The second-order valence-electron chi connectivity index (χ2n) is 14.1. The number of carbonyl (C=O) groups excluding carboxylic acids is 1. The fourth-order valence-corrected chi connectivity index (χ4v) is 10.0. The number of nitrogens with one attached hydrogen (secondary N) is 2. The van der Waals surface area contributed by atoms with Crippen LogP contribution in [0.25, 0.3) is 10.8 Å². The van der Waals surface area contributed by atoms with E-state index in [0.717, 1.165) is 22.0 Å². The lowest BCUT2D eigenvalue weighted by atomic mass is 9.80. The van der Waals surface area contributed by atoms with Gasteiger partial charge in [0, 0.05) is 61.3 Å². The molecule has 3 N–H and O–H groups in total. The van der Waals surface area contributed by atoms with E-state index < -0.39 is 33.0 Å². The summed E-state index contributed by atoms with van der Waals surface area (Å²) in [5.74, 6) is 0.909. The van der Waals surface area contributed by atoms with Gasteiger partial charge >= 0.3 is 0 Å². The van der Waals surface area contributed by atoms with E-state index in [1.165, 1.54) is 13.2 Å². The van der Waals surface area contributed by atoms with E-state index in [9.17, 15) is 22.7 Å². The molecule has 264 valence electrons. The summed E-state index contributed by atoms with van der Waals surface area (Å²) in [5.41, 5.74) is 1.35. The summed E-state index contributed by atoms with van der Waals surface area (Å²) in [6.07, 6.45) is 4.03. The van der Waals surface area contributed by atoms with E-state index in [0.29, 0.717) is 42.8 Å². The first-order valence-corrected chi connectivity index (χ1v) is 18.6. The van der Waals surface area contributed by atoms with Crippen LogP contribution in [-0.4, -0.2) is 96.0 Å². The van der Waals surface area contributed by atoms with Crippen molar-refractivity contribution < 1.29 is 27.4 Å². The third kappa shape index (κ3) is 6.95. The van der Waals surface area contributed by atoms with Crippen LogP contribution in [-0.2, 0) is 19.4 Å². The molecule has 12 nitrogen and oxygen atoms in total. The zero-order valence-corrected chi connectivity index (χ0v) is 29.5. The topological polar surface area (TPSA) is 150 Å². The van der Waals surface area contributed by atoms with Gasteiger partial charge in [-0.3, -0.25) is 4.79 Å². The van der Waals surface area contributed by atoms with Gasteiger partial charge in [0.15, 0.2) is 9.84 Å². The summed E-state index contributed by atoms with van der Waals surface area (Å²) in [5, 5.41) is 18.1. The Morgan fingerprint density at radius 1 is 1.22 bits per heavy atom. The number of halogens is 1. The van der Waals surface area contributed by atoms with Gasteiger partial charge in [-0.2, -0.15) is 4.98 Å². The molecule has 0 aliphatic carbocycles. The molecule has 3 aliphatic heterocycles. The first-order chi connectivity index (χ1) is 23.2. The van der Waals surface area contributed by atoms with Gasteiger partial charge in [-0.1, -0.05) is 20.4 Å². The lowest BCUT2D eigenvalue weighted by Gasteiger charge is -2.53. The van der Waals surface area contributed by atoms with Gasteiger partial charge in [-0.05, 0) is 74.3 Å². The summed E-state index contributed by atoms with van der Waals surface area (Å²) in [4.78, 5) is 30.4. The number of hydrogen-bond donors (Lipinski definition) is 3. The summed E-state index contributed by atoms with van der Waals surface area (Å²) < 4.78 is 46.1. The smallest absolute Gasteiger partial charge is 0.247 e. The average Bonchev–Trinajstić information content (AvgIpc) is 3.05. The molecule has 49 heavy (non-hydrogen) atoms. The van der Waals surface area contributed by atoms with Crippen LogP contribution in [0, 0.1) is 5.92 Å². The minimum Gasteiger partial charge on any atom is -0.390 e. The van der Waals surface area contributed by atoms with Crippen molar-refractivity contribution in [3.05, 3.63) is 48.8 Å². The molecule has 14 heteroatoms. The maximum absolute atomic E-state index is 14.6. The number of hydrogen-bond acceptors (Lipinski definition) is 11. The Labute approximate surface area is 287 Å². The van der Waals surface area contributed by atoms with Crippen molar-refractivity contribution in [1.29, 1.82) is 0 Å². The van der Waals surface area contributed by atoms with Crippen molar-refractivity contribution in [2.45, 2.75) is 82.0 Å². The standard InChI is InChI=1S/C35H46FN7O5S/c1-7-32(44)39-26-15-27(43-18-24(21(43)4)29-16-35(5,45)10-13-49(29,46)47)23-17-38-31(14-22(23)33(26)20(2)3)40-30-8-11-37-34(41-30)42-12-9-28(48-6)25(36)19-42/h7-8,11,14-15,17,20-21,24-25,28-29,45H,1,9-10,12-13,16,18-19H2,2-6H3,(H,39,44)(H,37,38,40,41)/t21?,24?,25-,28+,29?,35?/m0/s1. The Kier molecular flexibility index (Phi) is 9.59. The number of anilines is 5. The van der Waals surface area contributed by atoms with E-state index in [1.807, 2.05) is 19.1 Å². The molecule has 6 rings (SSSR count). The van der Waals surface area contributed by atoms with Crippen LogP contribution >= 0.6 is 0 Å². The summed E-state index contributed by atoms with van der Waals surface area (Å²) in [6.45, 7) is 12.6. The number of nitrogens with zero attached hydrogens (tertiary/aromatic N) is 5. The number of rotatable bonds is 9. The van der Waals surface area contributed by atoms with Gasteiger partial charge in [0.25, 0.3) is 0 Å². The highest BCUT2D eigenvalue weighted by Crippen LogP contribution is 2.46. The number of fused-ring (bicyclic) bond motifs is 1. The number of methoxy groups -OCH3 is 1. The van der Waals surface area contributed by atoms with Crippen LogP contribution in [0.3, 0.4) is 0 Å². The molecular formula is C35H46FN7O5S. The number of benzene rings is 1. The van der Waals surface area contributed by atoms with Gasteiger partial charge in [-0.25, -0.2) is 22.8 Å². The second kappa shape index (κ2) is 13.4. The molecule has 1 amide bonds. The Morgan fingerprint density at radius 3 is 2.67 bits per heavy atom. The molecular weight excluding hydrogens is 649 g/mol. The second-order valence-corrected chi connectivity index (χ2v) is 16.5. The zero-order valence-electron chi connectivity index (χ0n) is 28.7. The zero-order chi connectivity index (χ0) is 35.2. The van der Waals surface area contributed by atoms with Crippen molar-refractivity contribution >= 4 is 55.5 Å². The molecule has 0 radical (unpaired) electrons. The van der Waals surface area contributed by atoms with Crippen molar-refractivity contribution in [2.24, 2.45) is 5.92 Å². The highest BCUT2D eigenvalue weighted by molar-refractivity contribution is 7.92. The lowest BCUT2D eigenvalue weighted by Crippen LogP contribution is -2.63. The molecule has 3 fully saturated rings. The number of pyridine rings is 1. The first kappa shape index (κ1) is 35.0. The summed E-state index contributed by atoms with van der Waals surface area (Å²) in [7, 11) is -1.83. The maximum atomic E-state index is 14.6. The number of aliphatic hydroxyl groups is 1. The van der Waals surface area contributed by atoms with Crippen LogP contribution in [0.4, 0.5) is 33.3 Å². The molecule has 6 atom stereocenters. The van der Waals surface area contributed by atoms with Crippen LogP contribution in [0.5, 0.6) is 0 Å². The Morgan fingerprint density at radius 2 is 2.00 bits per heavy atom. The molecule has 0 bridgehead atoms. The van der Waals surface area contributed by atoms with Gasteiger partial charge in [0.05, 0.1) is 29.3 Å². The molecule has 4 unspecified atom stereocenters. The quantitative estimate of drug-likeness (QED) is 0.267. The minimum absolute atomic E-state index is 0.0115. The normalized spacial score (nSPS) is 28.3. The Hall–Kier alpha value is -3.88. The fraction of sp³-hybridized carbons (Fsp3) is 0.543. The van der Waals surface area contributed by atoms with Crippen LogP contribution in [0.15, 0.2) is 43.2 Å². The van der Waals surface area contributed by atoms with Crippen molar-refractivity contribution in [1.82, 2.24) is 15.0 Å².